The minimum atomic E-state index is -0.620. The van der Waals surface area contributed by atoms with Crippen molar-refractivity contribution in [3.8, 4) is 0 Å². The highest BCUT2D eigenvalue weighted by Gasteiger charge is 2.16. The number of aryl methyl sites for hydroxylation is 1. The van der Waals surface area contributed by atoms with Gasteiger partial charge in [0.2, 0.25) is 0 Å². The molecule has 134 valence electrons. The molecule has 3 rings (SSSR count). The van der Waals surface area contributed by atoms with Gasteiger partial charge in [0, 0.05) is 5.56 Å². The predicted molar refractivity (Wildman–Crippen MR) is 99.5 cm³/mol. The Kier molecular flexibility index (Phi) is 5.13. The number of hydrazine groups is 1. The van der Waals surface area contributed by atoms with E-state index >= 15 is 0 Å². The first-order chi connectivity index (χ1) is 12.4. The molecule has 0 aliphatic carbocycles. The Hall–Kier alpha value is -3.00. The van der Waals surface area contributed by atoms with Crippen molar-refractivity contribution in [1.82, 2.24) is 15.8 Å². The molecule has 0 unspecified atom stereocenters. The molecule has 0 saturated carbocycles. The topological polar surface area (TPSA) is 83.1 Å². The molecule has 0 spiro atoms. The third-order valence-corrected chi connectivity index (χ3v) is 4.73. The lowest BCUT2D eigenvalue weighted by molar-refractivity contribution is -0.122. The fraction of sp³-hybridized carbons (Fsp3) is 0.167. The number of carbonyl (C=O) groups excluding carboxylic acids is 2. The van der Waals surface area contributed by atoms with Gasteiger partial charge in [0.05, 0.1) is 10.2 Å². The van der Waals surface area contributed by atoms with Crippen molar-refractivity contribution in [3.05, 3.63) is 59.4 Å². The standard InChI is InChI=1S/C18H17FN4O2S/c1-10-7-8-12(9-13(10)19)17(25)23-22-16(24)11(2)20-18-21-14-5-3-4-6-15(14)26-18/h3-9,11H,1-2H3,(H,20,21)(H,22,24)(H,23,25)/t11-/m1/s1. The number of para-hydroxylation sites is 1. The molecule has 0 aliphatic rings. The van der Waals surface area contributed by atoms with Crippen molar-refractivity contribution in [2.45, 2.75) is 19.9 Å². The van der Waals surface area contributed by atoms with Crippen LogP contribution >= 0.6 is 11.3 Å². The first kappa shape index (κ1) is 17.8. The zero-order chi connectivity index (χ0) is 18.7. The van der Waals surface area contributed by atoms with Crippen molar-refractivity contribution in [1.29, 1.82) is 0 Å². The lowest BCUT2D eigenvalue weighted by atomic mass is 10.1. The lowest BCUT2D eigenvalue weighted by Gasteiger charge is -2.14. The van der Waals surface area contributed by atoms with Crippen LogP contribution in [-0.4, -0.2) is 22.8 Å². The van der Waals surface area contributed by atoms with Gasteiger partial charge in [-0.3, -0.25) is 20.4 Å². The average Bonchev–Trinajstić information content (AvgIpc) is 3.03. The molecule has 3 N–H and O–H groups in total. The van der Waals surface area contributed by atoms with Gasteiger partial charge in [0.25, 0.3) is 11.8 Å². The Morgan fingerprint density at radius 3 is 2.65 bits per heavy atom. The summed E-state index contributed by atoms with van der Waals surface area (Å²) in [6.07, 6.45) is 0. The second kappa shape index (κ2) is 7.49. The lowest BCUT2D eigenvalue weighted by Crippen LogP contribution is -2.47. The molecular weight excluding hydrogens is 355 g/mol. The van der Waals surface area contributed by atoms with Crippen LogP contribution in [0.15, 0.2) is 42.5 Å². The van der Waals surface area contributed by atoms with Gasteiger partial charge in [-0.25, -0.2) is 9.37 Å². The van der Waals surface area contributed by atoms with Crippen LogP contribution in [-0.2, 0) is 4.79 Å². The first-order valence-electron chi connectivity index (χ1n) is 7.92. The van der Waals surface area contributed by atoms with Crippen molar-refractivity contribution in [2.75, 3.05) is 5.32 Å². The number of fused-ring (bicyclic) bond motifs is 1. The Bertz CT molecular complexity index is 940. The molecule has 1 atom stereocenters. The number of halogens is 1. The highest BCUT2D eigenvalue weighted by atomic mass is 32.1. The number of rotatable bonds is 4. The molecule has 2 aromatic carbocycles. The van der Waals surface area contributed by atoms with E-state index < -0.39 is 23.7 Å². The summed E-state index contributed by atoms with van der Waals surface area (Å²) in [5.74, 6) is -1.51. The van der Waals surface area contributed by atoms with Crippen molar-refractivity contribution < 1.29 is 14.0 Å². The van der Waals surface area contributed by atoms with Crippen LogP contribution in [0.4, 0.5) is 9.52 Å². The summed E-state index contributed by atoms with van der Waals surface area (Å²) in [5, 5.41) is 3.61. The van der Waals surface area contributed by atoms with Crippen LogP contribution in [0, 0.1) is 12.7 Å². The summed E-state index contributed by atoms with van der Waals surface area (Å²) >= 11 is 1.44. The van der Waals surface area contributed by atoms with Crippen LogP contribution < -0.4 is 16.2 Å². The SMILES string of the molecule is Cc1ccc(C(=O)NNC(=O)[C@@H](C)Nc2nc3ccccc3s2)cc1F. The van der Waals surface area contributed by atoms with E-state index in [1.165, 1.54) is 23.5 Å². The molecule has 26 heavy (non-hydrogen) atoms. The van der Waals surface area contributed by atoms with Gasteiger partial charge in [-0.15, -0.1) is 0 Å². The van der Waals surface area contributed by atoms with Crippen LogP contribution in [0.1, 0.15) is 22.8 Å². The minimum absolute atomic E-state index is 0.125. The van der Waals surface area contributed by atoms with Gasteiger partial charge in [-0.05, 0) is 43.7 Å². The molecule has 0 bridgehead atoms. The van der Waals surface area contributed by atoms with E-state index in [2.05, 4.69) is 21.2 Å². The van der Waals surface area contributed by atoms with E-state index in [1.54, 1.807) is 13.8 Å². The maximum atomic E-state index is 13.5. The molecule has 1 heterocycles. The van der Waals surface area contributed by atoms with Crippen LogP contribution in [0.5, 0.6) is 0 Å². The summed E-state index contributed by atoms with van der Waals surface area (Å²) < 4.78 is 14.5. The zero-order valence-electron chi connectivity index (χ0n) is 14.2. The average molecular weight is 372 g/mol. The second-order valence-electron chi connectivity index (χ2n) is 5.76. The maximum Gasteiger partial charge on any atom is 0.269 e. The molecule has 1 aromatic heterocycles. The van der Waals surface area contributed by atoms with Crippen LogP contribution in [0.25, 0.3) is 10.2 Å². The van der Waals surface area contributed by atoms with Gasteiger partial charge >= 0.3 is 0 Å². The van der Waals surface area contributed by atoms with E-state index in [1.807, 2.05) is 24.3 Å². The summed E-state index contributed by atoms with van der Waals surface area (Å²) in [6.45, 7) is 3.26. The molecule has 0 saturated heterocycles. The number of hydrogen-bond acceptors (Lipinski definition) is 5. The summed E-state index contributed by atoms with van der Waals surface area (Å²) in [4.78, 5) is 28.5. The Morgan fingerprint density at radius 1 is 1.15 bits per heavy atom. The number of thiazole rings is 1. The minimum Gasteiger partial charge on any atom is -0.350 e. The van der Waals surface area contributed by atoms with Gasteiger partial charge in [-0.1, -0.05) is 29.5 Å². The molecule has 0 aliphatic heterocycles. The first-order valence-corrected chi connectivity index (χ1v) is 8.74. The summed E-state index contributed by atoms with van der Waals surface area (Å²) in [7, 11) is 0. The van der Waals surface area contributed by atoms with Crippen molar-refractivity contribution in [2.24, 2.45) is 0 Å². The quantitative estimate of drug-likeness (QED) is 0.615. The molecule has 6 nitrogen and oxygen atoms in total. The van der Waals surface area contributed by atoms with Gasteiger partial charge in [-0.2, -0.15) is 0 Å². The van der Waals surface area contributed by atoms with Gasteiger partial charge in [0.1, 0.15) is 11.9 Å². The number of hydrogen-bond donors (Lipinski definition) is 3. The third-order valence-electron chi connectivity index (χ3n) is 3.76. The summed E-state index contributed by atoms with van der Waals surface area (Å²) in [5.41, 5.74) is 6.02. The normalized spacial score (nSPS) is 11.8. The van der Waals surface area contributed by atoms with Crippen molar-refractivity contribution in [3.63, 3.8) is 0 Å². The van der Waals surface area contributed by atoms with Gasteiger partial charge in [0.15, 0.2) is 5.13 Å². The second-order valence-corrected chi connectivity index (χ2v) is 6.79. The number of benzene rings is 2. The highest BCUT2D eigenvalue weighted by Crippen LogP contribution is 2.25. The number of carbonyl (C=O) groups is 2. The largest absolute Gasteiger partial charge is 0.350 e. The van der Waals surface area contributed by atoms with Gasteiger partial charge < -0.3 is 5.32 Å². The van der Waals surface area contributed by atoms with E-state index in [9.17, 15) is 14.0 Å². The molecule has 3 aromatic rings. The number of aromatic nitrogens is 1. The Balaban J connectivity index is 1.56. The smallest absolute Gasteiger partial charge is 0.269 e. The Morgan fingerprint density at radius 2 is 1.92 bits per heavy atom. The van der Waals surface area contributed by atoms with Crippen molar-refractivity contribution >= 4 is 38.5 Å². The van der Waals surface area contributed by atoms with E-state index in [0.29, 0.717) is 10.7 Å². The van der Waals surface area contributed by atoms with E-state index in [0.717, 1.165) is 16.3 Å². The zero-order valence-corrected chi connectivity index (χ0v) is 15.0. The Labute approximate surface area is 153 Å². The molecular formula is C18H17FN4O2S. The highest BCUT2D eigenvalue weighted by molar-refractivity contribution is 7.22. The predicted octanol–water partition coefficient (Wildman–Crippen LogP) is 3.01. The number of nitrogens with zero attached hydrogens (tertiary/aromatic N) is 1. The fourth-order valence-electron chi connectivity index (χ4n) is 2.22. The molecule has 8 heteroatoms. The molecule has 0 fully saturated rings. The van der Waals surface area contributed by atoms with Crippen LogP contribution in [0.2, 0.25) is 0 Å². The number of anilines is 1. The maximum absolute atomic E-state index is 13.5. The van der Waals surface area contributed by atoms with E-state index in [4.69, 9.17) is 0 Å². The fourth-order valence-corrected chi connectivity index (χ4v) is 3.17. The molecule has 2 amide bonds. The van der Waals surface area contributed by atoms with E-state index in [-0.39, 0.29) is 5.56 Å². The number of nitrogens with one attached hydrogen (secondary N) is 3. The monoisotopic (exact) mass is 372 g/mol. The summed E-state index contributed by atoms with van der Waals surface area (Å²) in [6, 6.07) is 11.2. The number of amides is 2. The molecule has 0 radical (unpaired) electrons. The third kappa shape index (κ3) is 3.97. The van der Waals surface area contributed by atoms with Crippen LogP contribution in [0.3, 0.4) is 0 Å².